The number of thiazole rings is 1. The number of carbonyl (C=O) groups is 1. The number of amides is 1. The molecule has 0 spiro atoms. The lowest BCUT2D eigenvalue weighted by atomic mass is 10.0. The summed E-state index contributed by atoms with van der Waals surface area (Å²) >= 11 is 1.56. The van der Waals surface area contributed by atoms with Gasteiger partial charge in [-0.05, 0) is 55.3 Å². The van der Waals surface area contributed by atoms with Crippen LogP contribution in [0.2, 0.25) is 0 Å². The van der Waals surface area contributed by atoms with Crippen LogP contribution in [0.3, 0.4) is 0 Å². The molecule has 0 fully saturated rings. The number of benzene rings is 3. The zero-order valence-electron chi connectivity index (χ0n) is 17.0. The second kappa shape index (κ2) is 8.24. The van der Waals surface area contributed by atoms with Crippen molar-refractivity contribution in [2.45, 2.75) is 19.9 Å². The van der Waals surface area contributed by atoms with Crippen molar-refractivity contribution in [1.82, 2.24) is 4.98 Å². The normalized spacial score (nSPS) is 11.1. The number of hydrogen-bond donors (Lipinski definition) is 1. The molecule has 3 aromatic carbocycles. The van der Waals surface area contributed by atoms with E-state index in [0.29, 0.717) is 11.7 Å². The lowest BCUT2D eigenvalue weighted by molar-refractivity contribution is 0.102. The molecule has 0 bridgehead atoms. The first-order valence-electron chi connectivity index (χ1n) is 9.72. The van der Waals surface area contributed by atoms with Gasteiger partial charge in [0.2, 0.25) is 0 Å². The topological polar surface area (TPSA) is 45.2 Å². The summed E-state index contributed by atoms with van der Waals surface area (Å²) in [7, 11) is 2.01. The maximum Gasteiger partial charge on any atom is 0.258 e. The molecule has 0 radical (unpaired) electrons. The Morgan fingerprint density at radius 2 is 1.80 bits per heavy atom. The largest absolute Gasteiger partial charge is 0.349 e. The van der Waals surface area contributed by atoms with Crippen molar-refractivity contribution in [3.05, 3.63) is 78.1 Å². The van der Waals surface area contributed by atoms with Crippen molar-refractivity contribution in [1.29, 1.82) is 0 Å². The van der Waals surface area contributed by atoms with Crippen molar-refractivity contribution in [3.8, 4) is 11.1 Å². The van der Waals surface area contributed by atoms with Crippen molar-refractivity contribution >= 4 is 38.3 Å². The molecule has 30 heavy (non-hydrogen) atoms. The van der Waals surface area contributed by atoms with Crippen LogP contribution in [-0.4, -0.2) is 24.0 Å². The number of rotatable bonds is 5. The average Bonchev–Trinajstić information content (AvgIpc) is 3.16. The lowest BCUT2D eigenvalue weighted by Crippen LogP contribution is -2.25. The fraction of sp³-hybridized carbons (Fsp3) is 0.167. The highest BCUT2D eigenvalue weighted by Crippen LogP contribution is 2.31. The smallest absolute Gasteiger partial charge is 0.258 e. The molecule has 0 atom stereocenters. The number of nitrogens with one attached hydrogen (secondary N) is 1. The lowest BCUT2D eigenvalue weighted by Gasteiger charge is -2.19. The van der Waals surface area contributed by atoms with Crippen LogP contribution >= 0.6 is 11.3 Å². The van der Waals surface area contributed by atoms with Gasteiger partial charge in [0.1, 0.15) is 5.82 Å². The van der Waals surface area contributed by atoms with E-state index in [-0.39, 0.29) is 5.56 Å². The minimum atomic E-state index is -0.548. The number of fused-ring (bicyclic) bond motifs is 1. The highest BCUT2D eigenvalue weighted by atomic mass is 32.1. The third-order valence-electron chi connectivity index (χ3n) is 5.03. The molecule has 152 valence electrons. The van der Waals surface area contributed by atoms with E-state index in [1.807, 2.05) is 49.5 Å². The van der Waals surface area contributed by atoms with Gasteiger partial charge in [-0.15, -0.1) is 0 Å². The Morgan fingerprint density at radius 3 is 2.50 bits per heavy atom. The molecule has 4 rings (SSSR count). The minimum absolute atomic E-state index is 0.0133. The van der Waals surface area contributed by atoms with E-state index in [4.69, 9.17) is 0 Å². The van der Waals surface area contributed by atoms with Crippen LogP contribution in [-0.2, 0) is 0 Å². The highest BCUT2D eigenvalue weighted by molar-refractivity contribution is 7.22. The molecule has 0 aliphatic heterocycles. The fourth-order valence-corrected chi connectivity index (χ4v) is 4.17. The third kappa shape index (κ3) is 4.04. The quantitative estimate of drug-likeness (QED) is 0.419. The fourth-order valence-electron chi connectivity index (χ4n) is 3.07. The first-order chi connectivity index (χ1) is 14.4. The molecule has 0 aliphatic rings. The zero-order valence-corrected chi connectivity index (χ0v) is 17.8. The summed E-state index contributed by atoms with van der Waals surface area (Å²) in [6.07, 6.45) is 0. The summed E-state index contributed by atoms with van der Waals surface area (Å²) in [6, 6.07) is 20.1. The number of carbonyl (C=O) groups excluding carboxylic acids is 1. The molecule has 0 saturated carbocycles. The highest BCUT2D eigenvalue weighted by Gasteiger charge is 2.15. The van der Waals surface area contributed by atoms with Crippen molar-refractivity contribution in [2.24, 2.45) is 0 Å². The van der Waals surface area contributed by atoms with Crippen LogP contribution in [0.5, 0.6) is 0 Å². The number of nitrogens with zero attached hydrogens (tertiary/aromatic N) is 2. The van der Waals surface area contributed by atoms with Gasteiger partial charge in [-0.3, -0.25) is 4.79 Å². The third-order valence-corrected chi connectivity index (χ3v) is 6.14. The standard InChI is InChI=1S/C24H22FN3OS/c1-15(2)28(3)24-27-21-12-10-18(14-22(21)30-24)26-23(29)19-11-9-17(13-20(19)25)16-7-5-4-6-8-16/h4-15H,1-3H3,(H,26,29). The predicted octanol–water partition coefficient (Wildman–Crippen LogP) is 6.20. The first kappa shape index (κ1) is 20.0. The van der Waals surface area contributed by atoms with E-state index in [1.165, 1.54) is 12.1 Å². The van der Waals surface area contributed by atoms with E-state index in [1.54, 1.807) is 23.5 Å². The number of aromatic nitrogens is 1. The van der Waals surface area contributed by atoms with Crippen LogP contribution < -0.4 is 10.2 Å². The number of halogens is 1. The maximum absolute atomic E-state index is 14.6. The molecule has 1 heterocycles. The summed E-state index contributed by atoms with van der Waals surface area (Å²) in [5.74, 6) is -1.02. The van der Waals surface area contributed by atoms with Gasteiger partial charge in [0.15, 0.2) is 5.13 Å². The first-order valence-corrected chi connectivity index (χ1v) is 10.5. The summed E-state index contributed by atoms with van der Waals surface area (Å²) in [5.41, 5.74) is 3.14. The monoisotopic (exact) mass is 419 g/mol. The molecule has 1 amide bonds. The van der Waals surface area contributed by atoms with Gasteiger partial charge in [-0.2, -0.15) is 0 Å². The van der Waals surface area contributed by atoms with Crippen LogP contribution in [0.1, 0.15) is 24.2 Å². The molecule has 4 nitrogen and oxygen atoms in total. The Kier molecular flexibility index (Phi) is 5.50. The van der Waals surface area contributed by atoms with Crippen molar-refractivity contribution in [2.75, 3.05) is 17.3 Å². The van der Waals surface area contributed by atoms with Gasteiger partial charge in [-0.1, -0.05) is 47.7 Å². The van der Waals surface area contributed by atoms with Gasteiger partial charge in [0.25, 0.3) is 5.91 Å². The number of hydrogen-bond acceptors (Lipinski definition) is 4. The van der Waals surface area contributed by atoms with Crippen LogP contribution in [0, 0.1) is 5.82 Å². The molecular formula is C24H22FN3OS. The minimum Gasteiger partial charge on any atom is -0.349 e. The molecule has 4 aromatic rings. The van der Waals surface area contributed by atoms with Crippen LogP contribution in [0.25, 0.3) is 21.3 Å². The van der Waals surface area contributed by atoms with E-state index >= 15 is 0 Å². The van der Waals surface area contributed by atoms with Gasteiger partial charge in [0.05, 0.1) is 15.8 Å². The van der Waals surface area contributed by atoms with E-state index in [2.05, 4.69) is 29.0 Å². The molecule has 1 N–H and O–H groups in total. The van der Waals surface area contributed by atoms with Crippen molar-refractivity contribution in [3.63, 3.8) is 0 Å². The predicted molar refractivity (Wildman–Crippen MR) is 123 cm³/mol. The molecule has 0 unspecified atom stereocenters. The second-order valence-electron chi connectivity index (χ2n) is 7.40. The van der Waals surface area contributed by atoms with Gasteiger partial charge in [-0.25, -0.2) is 9.37 Å². The summed E-state index contributed by atoms with van der Waals surface area (Å²) in [6.45, 7) is 4.21. The van der Waals surface area contributed by atoms with Crippen LogP contribution in [0.15, 0.2) is 66.7 Å². The maximum atomic E-state index is 14.6. The Labute approximate surface area is 179 Å². The molecular weight excluding hydrogens is 397 g/mol. The molecule has 0 aliphatic carbocycles. The Hall–Kier alpha value is -3.25. The molecule has 1 aromatic heterocycles. The molecule has 0 saturated heterocycles. The SMILES string of the molecule is CC(C)N(C)c1nc2ccc(NC(=O)c3ccc(-c4ccccc4)cc3F)cc2s1. The van der Waals surface area contributed by atoms with E-state index < -0.39 is 11.7 Å². The van der Waals surface area contributed by atoms with Gasteiger partial charge >= 0.3 is 0 Å². The second-order valence-corrected chi connectivity index (χ2v) is 8.41. The Morgan fingerprint density at radius 1 is 1.03 bits per heavy atom. The zero-order chi connectivity index (χ0) is 21.3. The van der Waals surface area contributed by atoms with Gasteiger partial charge in [0, 0.05) is 18.8 Å². The Balaban J connectivity index is 1.55. The summed E-state index contributed by atoms with van der Waals surface area (Å²) in [4.78, 5) is 19.4. The van der Waals surface area contributed by atoms with E-state index in [9.17, 15) is 9.18 Å². The summed E-state index contributed by atoms with van der Waals surface area (Å²) in [5, 5.41) is 3.72. The average molecular weight is 420 g/mol. The number of anilines is 2. The summed E-state index contributed by atoms with van der Waals surface area (Å²) < 4.78 is 15.6. The van der Waals surface area contributed by atoms with Crippen molar-refractivity contribution < 1.29 is 9.18 Å². The van der Waals surface area contributed by atoms with Gasteiger partial charge < -0.3 is 10.2 Å². The molecule has 6 heteroatoms. The van der Waals surface area contributed by atoms with E-state index in [0.717, 1.165) is 26.5 Å². The Bertz CT molecular complexity index is 1200. The van der Waals surface area contributed by atoms with Crippen LogP contribution in [0.4, 0.5) is 15.2 Å².